The van der Waals surface area contributed by atoms with Gasteiger partial charge in [-0.25, -0.2) is 0 Å². The van der Waals surface area contributed by atoms with E-state index in [1.165, 1.54) is 0 Å². The van der Waals surface area contributed by atoms with Crippen molar-refractivity contribution in [3.05, 3.63) is 0 Å². The number of aliphatic hydroxyl groups is 2. The zero-order valence-corrected chi connectivity index (χ0v) is 9.71. The summed E-state index contributed by atoms with van der Waals surface area (Å²) in [5.41, 5.74) is -0.551. The fraction of sp³-hybridized carbons (Fsp3) is 1.00. The van der Waals surface area contributed by atoms with Crippen LogP contribution in [0, 0.1) is 0 Å². The SMILES string of the molecule is CCC(O)(CC)CNCCCC(C)O. The van der Waals surface area contributed by atoms with Crippen LogP contribution in [0.4, 0.5) is 0 Å². The molecule has 86 valence electrons. The highest BCUT2D eigenvalue weighted by Crippen LogP contribution is 2.12. The highest BCUT2D eigenvalue weighted by Gasteiger charge is 2.20. The summed E-state index contributed by atoms with van der Waals surface area (Å²) in [7, 11) is 0. The third-order valence-electron chi connectivity index (χ3n) is 2.75. The molecular formula is C11H25NO2. The third kappa shape index (κ3) is 6.35. The van der Waals surface area contributed by atoms with Crippen LogP contribution in [0.3, 0.4) is 0 Å². The number of hydrogen-bond donors (Lipinski definition) is 3. The second kappa shape index (κ2) is 7.21. The van der Waals surface area contributed by atoms with Gasteiger partial charge in [-0.3, -0.25) is 0 Å². The quantitative estimate of drug-likeness (QED) is 0.521. The van der Waals surface area contributed by atoms with Gasteiger partial charge in [0.05, 0.1) is 11.7 Å². The first-order chi connectivity index (χ1) is 6.54. The van der Waals surface area contributed by atoms with Crippen molar-refractivity contribution in [2.75, 3.05) is 13.1 Å². The average molecular weight is 203 g/mol. The second-order valence-corrected chi connectivity index (χ2v) is 4.10. The number of aliphatic hydroxyl groups excluding tert-OH is 1. The minimum atomic E-state index is -0.551. The fourth-order valence-corrected chi connectivity index (χ4v) is 1.34. The molecule has 0 radical (unpaired) electrons. The van der Waals surface area contributed by atoms with Crippen LogP contribution in [0.15, 0.2) is 0 Å². The topological polar surface area (TPSA) is 52.5 Å². The predicted molar refractivity (Wildman–Crippen MR) is 59.3 cm³/mol. The minimum absolute atomic E-state index is 0.215. The third-order valence-corrected chi connectivity index (χ3v) is 2.75. The van der Waals surface area contributed by atoms with E-state index in [4.69, 9.17) is 5.11 Å². The van der Waals surface area contributed by atoms with Crippen molar-refractivity contribution in [3.63, 3.8) is 0 Å². The van der Waals surface area contributed by atoms with E-state index in [0.29, 0.717) is 6.54 Å². The van der Waals surface area contributed by atoms with Crippen LogP contribution in [0.1, 0.15) is 46.5 Å². The monoisotopic (exact) mass is 203 g/mol. The normalized spacial score (nSPS) is 14.4. The second-order valence-electron chi connectivity index (χ2n) is 4.10. The highest BCUT2D eigenvalue weighted by molar-refractivity contribution is 4.77. The van der Waals surface area contributed by atoms with Crippen molar-refractivity contribution >= 4 is 0 Å². The van der Waals surface area contributed by atoms with Gasteiger partial charge in [0.2, 0.25) is 0 Å². The van der Waals surface area contributed by atoms with Gasteiger partial charge in [0.15, 0.2) is 0 Å². The molecule has 0 fully saturated rings. The first kappa shape index (κ1) is 13.9. The molecule has 3 nitrogen and oxygen atoms in total. The van der Waals surface area contributed by atoms with E-state index in [1.54, 1.807) is 6.92 Å². The maximum absolute atomic E-state index is 9.93. The number of hydrogen-bond acceptors (Lipinski definition) is 3. The van der Waals surface area contributed by atoms with Gasteiger partial charge < -0.3 is 15.5 Å². The van der Waals surface area contributed by atoms with E-state index in [1.807, 2.05) is 13.8 Å². The number of nitrogens with one attached hydrogen (secondary N) is 1. The fourth-order valence-electron chi connectivity index (χ4n) is 1.34. The molecule has 0 bridgehead atoms. The first-order valence-corrected chi connectivity index (χ1v) is 5.65. The number of rotatable bonds is 8. The Morgan fingerprint density at radius 2 is 1.86 bits per heavy atom. The Morgan fingerprint density at radius 1 is 1.29 bits per heavy atom. The molecule has 0 aliphatic rings. The van der Waals surface area contributed by atoms with E-state index >= 15 is 0 Å². The summed E-state index contributed by atoms with van der Waals surface area (Å²) in [5.74, 6) is 0. The molecular weight excluding hydrogens is 178 g/mol. The summed E-state index contributed by atoms with van der Waals surface area (Å²) in [6, 6.07) is 0. The Balaban J connectivity index is 3.43. The lowest BCUT2D eigenvalue weighted by molar-refractivity contribution is 0.0325. The maximum atomic E-state index is 9.93. The molecule has 0 rings (SSSR count). The highest BCUT2D eigenvalue weighted by atomic mass is 16.3. The molecule has 1 atom stereocenters. The Kier molecular flexibility index (Phi) is 7.15. The van der Waals surface area contributed by atoms with Gasteiger partial charge >= 0.3 is 0 Å². The van der Waals surface area contributed by atoms with Crippen LogP contribution < -0.4 is 5.32 Å². The van der Waals surface area contributed by atoms with E-state index in [2.05, 4.69) is 5.32 Å². The molecule has 0 heterocycles. The van der Waals surface area contributed by atoms with Gasteiger partial charge in [0.1, 0.15) is 0 Å². The first-order valence-electron chi connectivity index (χ1n) is 5.65. The standard InChI is InChI=1S/C11H25NO2/c1-4-11(14,5-2)9-12-8-6-7-10(3)13/h10,12-14H,4-9H2,1-3H3. The summed E-state index contributed by atoms with van der Waals surface area (Å²) in [6.45, 7) is 7.32. The Bertz CT molecular complexity index is 133. The van der Waals surface area contributed by atoms with Gasteiger partial charge in [-0.1, -0.05) is 13.8 Å². The average Bonchev–Trinajstić information content (AvgIpc) is 2.16. The maximum Gasteiger partial charge on any atom is 0.0766 e. The Hall–Kier alpha value is -0.120. The lowest BCUT2D eigenvalue weighted by Crippen LogP contribution is -2.39. The van der Waals surface area contributed by atoms with E-state index in [9.17, 15) is 5.11 Å². The van der Waals surface area contributed by atoms with Crippen molar-refractivity contribution in [1.29, 1.82) is 0 Å². The van der Waals surface area contributed by atoms with Gasteiger partial charge in [-0.15, -0.1) is 0 Å². The van der Waals surface area contributed by atoms with Crippen LogP contribution in [0.25, 0.3) is 0 Å². The molecule has 0 aromatic rings. The van der Waals surface area contributed by atoms with Gasteiger partial charge in [-0.05, 0) is 39.2 Å². The van der Waals surface area contributed by atoms with Crippen molar-refractivity contribution < 1.29 is 10.2 Å². The van der Waals surface area contributed by atoms with Crippen LogP contribution in [0.2, 0.25) is 0 Å². The molecule has 14 heavy (non-hydrogen) atoms. The van der Waals surface area contributed by atoms with Crippen LogP contribution in [-0.2, 0) is 0 Å². The summed E-state index contributed by atoms with van der Waals surface area (Å²) < 4.78 is 0. The van der Waals surface area contributed by atoms with Gasteiger partial charge in [-0.2, -0.15) is 0 Å². The van der Waals surface area contributed by atoms with Crippen molar-refractivity contribution in [2.24, 2.45) is 0 Å². The lowest BCUT2D eigenvalue weighted by atomic mass is 9.97. The zero-order chi connectivity index (χ0) is 11.0. The van der Waals surface area contributed by atoms with Crippen LogP contribution >= 0.6 is 0 Å². The zero-order valence-electron chi connectivity index (χ0n) is 9.71. The van der Waals surface area contributed by atoms with Crippen molar-refractivity contribution in [1.82, 2.24) is 5.32 Å². The minimum Gasteiger partial charge on any atom is -0.393 e. The van der Waals surface area contributed by atoms with E-state index in [0.717, 1.165) is 32.2 Å². The molecule has 0 spiro atoms. The summed E-state index contributed by atoms with van der Waals surface area (Å²) in [4.78, 5) is 0. The van der Waals surface area contributed by atoms with Crippen molar-refractivity contribution in [3.8, 4) is 0 Å². The summed E-state index contributed by atoms with van der Waals surface area (Å²) in [5, 5.41) is 22.2. The molecule has 0 saturated carbocycles. The summed E-state index contributed by atoms with van der Waals surface area (Å²) >= 11 is 0. The molecule has 0 saturated heterocycles. The molecule has 1 unspecified atom stereocenters. The molecule has 0 aliphatic carbocycles. The smallest absolute Gasteiger partial charge is 0.0766 e. The molecule has 0 amide bonds. The summed E-state index contributed by atoms with van der Waals surface area (Å²) in [6.07, 6.45) is 3.14. The molecule has 0 aromatic heterocycles. The van der Waals surface area contributed by atoms with Gasteiger partial charge in [0.25, 0.3) is 0 Å². The molecule has 3 heteroatoms. The molecule has 0 aromatic carbocycles. The largest absolute Gasteiger partial charge is 0.393 e. The van der Waals surface area contributed by atoms with E-state index in [-0.39, 0.29) is 6.10 Å². The van der Waals surface area contributed by atoms with E-state index < -0.39 is 5.60 Å². The Labute approximate surface area is 87.5 Å². The lowest BCUT2D eigenvalue weighted by Gasteiger charge is -2.25. The Morgan fingerprint density at radius 3 is 2.29 bits per heavy atom. The van der Waals surface area contributed by atoms with Gasteiger partial charge in [0, 0.05) is 6.54 Å². The molecule has 3 N–H and O–H groups in total. The predicted octanol–water partition coefficient (Wildman–Crippen LogP) is 1.29. The van der Waals surface area contributed by atoms with Crippen molar-refractivity contribution in [2.45, 2.75) is 58.2 Å². The molecule has 0 aliphatic heterocycles. The van der Waals surface area contributed by atoms with Crippen LogP contribution in [-0.4, -0.2) is 35.0 Å². The van der Waals surface area contributed by atoms with Crippen LogP contribution in [0.5, 0.6) is 0 Å².